The van der Waals surface area contributed by atoms with Gasteiger partial charge in [-0.2, -0.15) is 0 Å². The van der Waals surface area contributed by atoms with Crippen LogP contribution >= 0.6 is 11.6 Å². The third kappa shape index (κ3) is 4.29. The van der Waals surface area contributed by atoms with Crippen molar-refractivity contribution in [3.05, 3.63) is 59.4 Å². The Balaban J connectivity index is 2.21. The molecule has 2 aromatic rings. The van der Waals surface area contributed by atoms with Gasteiger partial charge < -0.3 is 10.0 Å². The van der Waals surface area contributed by atoms with Gasteiger partial charge in [-0.25, -0.2) is 0 Å². The van der Waals surface area contributed by atoms with Crippen LogP contribution in [0.2, 0.25) is 5.02 Å². The fraction of sp³-hybridized carbons (Fsp3) is 0.133. The smallest absolute Gasteiger partial charge is 0.323 e. The molecule has 0 radical (unpaired) electrons. The zero-order valence-electron chi connectivity index (χ0n) is 11.1. The molecule has 0 aliphatic heterocycles. The molecule has 1 heterocycles. The summed E-state index contributed by atoms with van der Waals surface area (Å²) in [5.41, 5.74) is 1.22. The minimum absolute atomic E-state index is 0.0871. The van der Waals surface area contributed by atoms with Gasteiger partial charge in [-0.3, -0.25) is 14.6 Å². The lowest BCUT2D eigenvalue weighted by Crippen LogP contribution is -2.36. The van der Waals surface area contributed by atoms with Gasteiger partial charge in [-0.15, -0.1) is 0 Å². The molecule has 6 heteroatoms. The van der Waals surface area contributed by atoms with E-state index in [1.807, 2.05) is 0 Å². The molecular formula is C15H13ClN2O3. The zero-order valence-corrected chi connectivity index (χ0v) is 11.8. The summed E-state index contributed by atoms with van der Waals surface area (Å²) in [7, 11) is 0. The molecule has 1 N–H and O–H groups in total. The number of nitrogens with zero attached hydrogens (tertiary/aromatic N) is 2. The van der Waals surface area contributed by atoms with Crippen LogP contribution in [0.1, 0.15) is 5.56 Å². The number of aliphatic carboxylic acids is 1. The quantitative estimate of drug-likeness (QED) is 0.921. The first-order valence-electron chi connectivity index (χ1n) is 6.23. The summed E-state index contributed by atoms with van der Waals surface area (Å²) in [6.45, 7) is -0.402. The van der Waals surface area contributed by atoms with Crippen LogP contribution in [-0.4, -0.2) is 28.5 Å². The minimum Gasteiger partial charge on any atom is -0.480 e. The van der Waals surface area contributed by atoms with E-state index in [0.717, 1.165) is 5.56 Å². The van der Waals surface area contributed by atoms with Crippen molar-refractivity contribution in [2.24, 2.45) is 0 Å². The molecule has 0 unspecified atom stereocenters. The Kier molecular flexibility index (Phi) is 4.90. The Hall–Kier alpha value is -2.40. The monoisotopic (exact) mass is 304 g/mol. The van der Waals surface area contributed by atoms with Gasteiger partial charge in [0.1, 0.15) is 6.54 Å². The first-order valence-corrected chi connectivity index (χ1v) is 6.60. The van der Waals surface area contributed by atoms with Crippen molar-refractivity contribution < 1.29 is 14.7 Å². The van der Waals surface area contributed by atoms with E-state index in [0.29, 0.717) is 10.7 Å². The molecule has 2 rings (SSSR count). The van der Waals surface area contributed by atoms with Gasteiger partial charge in [-0.05, 0) is 35.9 Å². The molecule has 0 saturated carbocycles. The molecular weight excluding hydrogens is 292 g/mol. The van der Waals surface area contributed by atoms with Crippen molar-refractivity contribution >= 4 is 29.2 Å². The molecule has 1 aromatic carbocycles. The average molecular weight is 305 g/mol. The number of carbonyl (C=O) groups excluding carboxylic acids is 1. The minimum atomic E-state index is -1.08. The van der Waals surface area contributed by atoms with Gasteiger partial charge in [0.05, 0.1) is 6.42 Å². The number of hydrogen-bond acceptors (Lipinski definition) is 3. The second kappa shape index (κ2) is 6.85. The number of carbonyl (C=O) groups is 2. The van der Waals surface area contributed by atoms with E-state index in [-0.39, 0.29) is 12.3 Å². The van der Waals surface area contributed by atoms with Crippen LogP contribution in [0.15, 0.2) is 48.8 Å². The second-order valence-electron chi connectivity index (χ2n) is 4.39. The number of anilines is 1. The van der Waals surface area contributed by atoms with Gasteiger partial charge >= 0.3 is 5.97 Å². The summed E-state index contributed by atoms with van der Waals surface area (Å²) in [5.74, 6) is -1.39. The second-order valence-corrected chi connectivity index (χ2v) is 4.82. The third-order valence-corrected chi connectivity index (χ3v) is 3.06. The highest BCUT2D eigenvalue weighted by molar-refractivity contribution is 6.30. The Labute approximate surface area is 126 Å². The Bertz CT molecular complexity index is 629. The highest BCUT2D eigenvalue weighted by Crippen LogP contribution is 2.19. The van der Waals surface area contributed by atoms with Crippen molar-refractivity contribution in [2.75, 3.05) is 11.4 Å². The SMILES string of the molecule is O=C(O)CN(C(=O)Cc1cccnc1)c1ccc(Cl)cc1. The number of benzene rings is 1. The molecule has 0 saturated heterocycles. The Morgan fingerprint density at radius 2 is 1.90 bits per heavy atom. The van der Waals surface area contributed by atoms with E-state index in [1.54, 1.807) is 48.8 Å². The van der Waals surface area contributed by atoms with Gasteiger partial charge in [0.15, 0.2) is 0 Å². The predicted molar refractivity (Wildman–Crippen MR) is 79.4 cm³/mol. The van der Waals surface area contributed by atoms with Crippen LogP contribution in [0, 0.1) is 0 Å². The number of halogens is 1. The molecule has 1 aromatic heterocycles. The summed E-state index contributed by atoms with van der Waals surface area (Å²) in [6, 6.07) is 9.96. The number of pyridine rings is 1. The van der Waals surface area contributed by atoms with Crippen LogP contribution < -0.4 is 4.90 Å². The lowest BCUT2D eigenvalue weighted by Gasteiger charge is -2.21. The average Bonchev–Trinajstić information content (AvgIpc) is 2.46. The Morgan fingerprint density at radius 3 is 2.48 bits per heavy atom. The standard InChI is InChI=1S/C15H13ClN2O3/c16-12-3-5-13(6-4-12)18(10-15(20)21)14(19)8-11-2-1-7-17-9-11/h1-7,9H,8,10H2,(H,20,21). The van der Waals surface area contributed by atoms with E-state index < -0.39 is 12.5 Å². The van der Waals surface area contributed by atoms with Crippen LogP contribution in [-0.2, 0) is 16.0 Å². The fourth-order valence-corrected chi connectivity index (χ4v) is 1.98. The van der Waals surface area contributed by atoms with Gasteiger partial charge in [-0.1, -0.05) is 17.7 Å². The Morgan fingerprint density at radius 1 is 1.19 bits per heavy atom. The van der Waals surface area contributed by atoms with Gasteiger partial charge in [0.25, 0.3) is 0 Å². The topological polar surface area (TPSA) is 70.5 Å². The highest BCUT2D eigenvalue weighted by Gasteiger charge is 2.19. The van der Waals surface area contributed by atoms with Gasteiger partial charge in [0.2, 0.25) is 5.91 Å². The summed E-state index contributed by atoms with van der Waals surface area (Å²) in [4.78, 5) is 28.5. The summed E-state index contributed by atoms with van der Waals surface area (Å²) < 4.78 is 0. The number of hydrogen-bond donors (Lipinski definition) is 1. The van der Waals surface area contributed by atoms with Crippen molar-refractivity contribution in [1.82, 2.24) is 4.98 Å². The maximum atomic E-state index is 12.3. The molecule has 0 spiro atoms. The number of amides is 1. The first kappa shape index (κ1) is 15.0. The van der Waals surface area contributed by atoms with Crippen molar-refractivity contribution in [3.8, 4) is 0 Å². The fourth-order valence-electron chi connectivity index (χ4n) is 1.85. The van der Waals surface area contributed by atoms with Crippen LogP contribution in [0.4, 0.5) is 5.69 Å². The zero-order chi connectivity index (χ0) is 15.2. The van der Waals surface area contributed by atoms with Crippen molar-refractivity contribution in [2.45, 2.75) is 6.42 Å². The number of aromatic nitrogens is 1. The van der Waals surface area contributed by atoms with E-state index in [4.69, 9.17) is 16.7 Å². The van der Waals surface area contributed by atoms with Crippen LogP contribution in [0.25, 0.3) is 0 Å². The number of rotatable bonds is 5. The van der Waals surface area contributed by atoms with E-state index in [1.165, 1.54) is 4.90 Å². The number of carboxylic acids is 1. The lowest BCUT2D eigenvalue weighted by molar-refractivity contribution is -0.136. The molecule has 0 fully saturated rings. The maximum Gasteiger partial charge on any atom is 0.323 e. The maximum absolute atomic E-state index is 12.3. The van der Waals surface area contributed by atoms with Crippen molar-refractivity contribution in [1.29, 1.82) is 0 Å². The first-order chi connectivity index (χ1) is 10.1. The number of carboxylic acid groups (broad SMARTS) is 1. The lowest BCUT2D eigenvalue weighted by atomic mass is 10.2. The molecule has 5 nitrogen and oxygen atoms in total. The van der Waals surface area contributed by atoms with Gasteiger partial charge in [0, 0.05) is 23.1 Å². The molecule has 0 aliphatic rings. The van der Waals surface area contributed by atoms with Crippen LogP contribution in [0.3, 0.4) is 0 Å². The largest absolute Gasteiger partial charge is 0.480 e. The van der Waals surface area contributed by atoms with E-state index in [2.05, 4.69) is 4.98 Å². The molecule has 0 aliphatic carbocycles. The third-order valence-electron chi connectivity index (χ3n) is 2.81. The summed E-state index contributed by atoms with van der Waals surface area (Å²) in [6.07, 6.45) is 3.28. The van der Waals surface area contributed by atoms with E-state index >= 15 is 0 Å². The molecule has 21 heavy (non-hydrogen) atoms. The summed E-state index contributed by atoms with van der Waals surface area (Å²) >= 11 is 5.80. The van der Waals surface area contributed by atoms with Crippen molar-refractivity contribution in [3.63, 3.8) is 0 Å². The molecule has 0 bridgehead atoms. The molecule has 1 amide bonds. The highest BCUT2D eigenvalue weighted by atomic mass is 35.5. The van der Waals surface area contributed by atoms with Crippen LogP contribution in [0.5, 0.6) is 0 Å². The normalized spacial score (nSPS) is 10.1. The molecule has 0 atom stereocenters. The van der Waals surface area contributed by atoms with E-state index in [9.17, 15) is 9.59 Å². The predicted octanol–water partition coefficient (Wildman–Crippen LogP) is 2.40. The molecule has 108 valence electrons. The summed E-state index contributed by atoms with van der Waals surface area (Å²) in [5, 5.41) is 9.50.